The van der Waals surface area contributed by atoms with Crippen LogP contribution in [0.15, 0.2) is 79.4 Å². The Hall–Kier alpha value is -3.98. The fourth-order valence-corrected chi connectivity index (χ4v) is 2.73. The molecule has 0 unspecified atom stereocenters. The highest BCUT2D eigenvalue weighted by molar-refractivity contribution is 5.64. The lowest BCUT2D eigenvalue weighted by atomic mass is 10.1. The molecule has 0 fully saturated rings. The summed E-state index contributed by atoms with van der Waals surface area (Å²) in [5, 5.41) is 16.5. The molecule has 0 aliphatic carbocycles. The van der Waals surface area contributed by atoms with E-state index in [1.807, 2.05) is 71.5 Å². The summed E-state index contributed by atoms with van der Waals surface area (Å²) in [4.78, 5) is 8.61. The van der Waals surface area contributed by atoms with E-state index in [-0.39, 0.29) is 0 Å². The van der Waals surface area contributed by atoms with Gasteiger partial charge in [-0.15, -0.1) is 0 Å². The van der Waals surface area contributed by atoms with Gasteiger partial charge in [0, 0.05) is 17.8 Å². The van der Waals surface area contributed by atoms with Crippen molar-refractivity contribution in [3.05, 3.63) is 90.5 Å². The van der Waals surface area contributed by atoms with Gasteiger partial charge in [-0.05, 0) is 17.7 Å². The number of anilines is 2. The maximum atomic E-state index is 8.87. The number of nitrogens with zero attached hydrogens (tertiary/aromatic N) is 5. The van der Waals surface area contributed by atoms with Crippen LogP contribution in [0.5, 0.6) is 0 Å². The normalized spacial score (nSPS) is 10.3. The topological polar surface area (TPSA) is 79.4 Å². The van der Waals surface area contributed by atoms with Crippen LogP contribution in [0.2, 0.25) is 0 Å². The van der Waals surface area contributed by atoms with Crippen molar-refractivity contribution < 1.29 is 0 Å². The van der Waals surface area contributed by atoms with Gasteiger partial charge in [-0.2, -0.15) is 10.4 Å². The van der Waals surface area contributed by atoms with Crippen molar-refractivity contribution in [3.63, 3.8) is 0 Å². The second-order valence-electron chi connectivity index (χ2n) is 6.01. The van der Waals surface area contributed by atoms with E-state index >= 15 is 0 Å². The maximum Gasteiger partial charge on any atom is 0.134 e. The summed E-state index contributed by atoms with van der Waals surface area (Å²) in [6, 6.07) is 21.5. The Kier molecular flexibility index (Phi) is 4.58. The maximum absolute atomic E-state index is 8.87. The van der Waals surface area contributed by atoms with Crippen LogP contribution in [0.3, 0.4) is 0 Å². The number of aromatic nitrogens is 4. The van der Waals surface area contributed by atoms with E-state index in [1.165, 1.54) is 0 Å². The molecule has 2 aromatic carbocycles. The van der Waals surface area contributed by atoms with Gasteiger partial charge < -0.3 is 5.32 Å². The second kappa shape index (κ2) is 7.50. The van der Waals surface area contributed by atoms with E-state index in [2.05, 4.69) is 26.5 Å². The first kappa shape index (κ1) is 16.5. The van der Waals surface area contributed by atoms with Crippen LogP contribution in [-0.4, -0.2) is 19.7 Å². The van der Waals surface area contributed by atoms with Gasteiger partial charge in [-0.25, -0.2) is 9.97 Å². The summed E-state index contributed by atoms with van der Waals surface area (Å²) in [5.74, 6) is 0.710. The minimum atomic E-state index is 0.631. The van der Waals surface area contributed by atoms with E-state index < -0.39 is 0 Å². The molecule has 130 valence electrons. The second-order valence-corrected chi connectivity index (χ2v) is 6.01. The van der Waals surface area contributed by atoms with Crippen LogP contribution in [0.1, 0.15) is 11.1 Å². The molecule has 0 saturated heterocycles. The van der Waals surface area contributed by atoms with Crippen molar-refractivity contribution in [3.8, 4) is 17.3 Å². The fraction of sp³-hybridized carbons (Fsp3) is 0.0476. The Bertz CT molecular complexity index is 1080. The van der Waals surface area contributed by atoms with Gasteiger partial charge in [0.25, 0.3) is 0 Å². The average molecular weight is 352 g/mol. The minimum Gasteiger partial charge on any atom is -0.338 e. The molecule has 1 N–H and O–H groups in total. The largest absolute Gasteiger partial charge is 0.338 e. The van der Waals surface area contributed by atoms with Crippen molar-refractivity contribution in [1.82, 2.24) is 19.7 Å². The first-order valence-electron chi connectivity index (χ1n) is 8.46. The summed E-state index contributed by atoms with van der Waals surface area (Å²) in [5.41, 5.74) is 4.48. The van der Waals surface area contributed by atoms with Crippen LogP contribution in [0, 0.1) is 11.3 Å². The van der Waals surface area contributed by atoms with E-state index in [1.54, 1.807) is 12.5 Å². The Labute approximate surface area is 156 Å². The van der Waals surface area contributed by atoms with Gasteiger partial charge in [0.15, 0.2) is 0 Å². The van der Waals surface area contributed by atoms with E-state index in [9.17, 15) is 0 Å². The van der Waals surface area contributed by atoms with E-state index in [4.69, 9.17) is 5.26 Å². The van der Waals surface area contributed by atoms with Gasteiger partial charge in [-0.3, -0.25) is 4.68 Å². The van der Waals surface area contributed by atoms with Gasteiger partial charge in [0.1, 0.15) is 12.1 Å². The van der Waals surface area contributed by atoms with Crippen LogP contribution >= 0.6 is 0 Å². The van der Waals surface area contributed by atoms with Gasteiger partial charge in [0.2, 0.25) is 0 Å². The third-order valence-electron chi connectivity index (χ3n) is 4.07. The van der Waals surface area contributed by atoms with Gasteiger partial charge >= 0.3 is 0 Å². The molecule has 0 atom stereocenters. The molecule has 0 bridgehead atoms. The van der Waals surface area contributed by atoms with Gasteiger partial charge in [0.05, 0.1) is 35.8 Å². The number of nitrogens with one attached hydrogen (secondary N) is 1. The highest BCUT2D eigenvalue weighted by Crippen LogP contribution is 2.20. The lowest BCUT2D eigenvalue weighted by molar-refractivity contribution is 0.687. The SMILES string of the molecule is N#Cc1ccc(Cn2cc(Nc3cc(-c4ccccc4)ncn3)cn2)cc1. The van der Waals surface area contributed by atoms with E-state index in [0.29, 0.717) is 17.9 Å². The Morgan fingerprint density at radius 1 is 1.00 bits per heavy atom. The number of rotatable bonds is 5. The van der Waals surface area contributed by atoms with Crippen molar-refractivity contribution in [2.75, 3.05) is 5.32 Å². The van der Waals surface area contributed by atoms with Crippen LogP contribution in [0.25, 0.3) is 11.3 Å². The molecular weight excluding hydrogens is 336 g/mol. The third-order valence-corrected chi connectivity index (χ3v) is 4.07. The molecule has 6 heteroatoms. The molecule has 4 aromatic rings. The number of nitriles is 1. The van der Waals surface area contributed by atoms with Crippen LogP contribution in [-0.2, 0) is 6.54 Å². The Balaban J connectivity index is 1.47. The zero-order chi connectivity index (χ0) is 18.5. The summed E-state index contributed by atoms with van der Waals surface area (Å²) < 4.78 is 1.84. The molecule has 2 heterocycles. The van der Waals surface area contributed by atoms with Crippen LogP contribution in [0.4, 0.5) is 11.5 Å². The van der Waals surface area contributed by atoms with Crippen molar-refractivity contribution in [2.24, 2.45) is 0 Å². The van der Waals surface area contributed by atoms with Crippen molar-refractivity contribution in [1.29, 1.82) is 5.26 Å². The first-order valence-corrected chi connectivity index (χ1v) is 8.46. The van der Waals surface area contributed by atoms with Crippen LogP contribution < -0.4 is 5.32 Å². The summed E-state index contributed by atoms with van der Waals surface area (Å²) >= 11 is 0. The number of hydrogen-bond acceptors (Lipinski definition) is 5. The minimum absolute atomic E-state index is 0.631. The summed E-state index contributed by atoms with van der Waals surface area (Å²) in [6.45, 7) is 0.631. The number of benzene rings is 2. The molecule has 0 saturated carbocycles. The molecule has 0 aliphatic heterocycles. The van der Waals surface area contributed by atoms with E-state index in [0.717, 1.165) is 22.5 Å². The molecule has 0 radical (unpaired) electrons. The standard InChI is InChI=1S/C21H16N6/c22-11-16-6-8-17(9-7-16)13-27-14-19(12-25-27)26-21-10-20(23-15-24-21)18-4-2-1-3-5-18/h1-10,12,14-15H,13H2,(H,23,24,26). The Morgan fingerprint density at radius 3 is 2.59 bits per heavy atom. The molecule has 4 rings (SSSR count). The summed E-state index contributed by atoms with van der Waals surface area (Å²) in [7, 11) is 0. The highest BCUT2D eigenvalue weighted by atomic mass is 15.3. The molecule has 0 spiro atoms. The zero-order valence-corrected chi connectivity index (χ0v) is 14.4. The first-order chi connectivity index (χ1) is 13.3. The molecular formula is C21H16N6. The summed E-state index contributed by atoms with van der Waals surface area (Å²) in [6.07, 6.45) is 5.22. The lowest BCUT2D eigenvalue weighted by Crippen LogP contribution is -2.00. The molecule has 6 nitrogen and oxygen atoms in total. The fourth-order valence-electron chi connectivity index (χ4n) is 2.73. The number of hydrogen-bond donors (Lipinski definition) is 1. The monoisotopic (exact) mass is 352 g/mol. The smallest absolute Gasteiger partial charge is 0.134 e. The molecule has 2 aromatic heterocycles. The molecule has 0 amide bonds. The Morgan fingerprint density at radius 2 is 1.81 bits per heavy atom. The predicted molar refractivity (Wildman–Crippen MR) is 103 cm³/mol. The van der Waals surface area contributed by atoms with Crippen molar-refractivity contribution in [2.45, 2.75) is 6.54 Å². The molecule has 27 heavy (non-hydrogen) atoms. The van der Waals surface area contributed by atoms with Crippen molar-refractivity contribution >= 4 is 11.5 Å². The zero-order valence-electron chi connectivity index (χ0n) is 14.4. The third kappa shape index (κ3) is 3.99. The average Bonchev–Trinajstić information content (AvgIpc) is 3.16. The highest BCUT2D eigenvalue weighted by Gasteiger charge is 2.04. The molecule has 0 aliphatic rings. The van der Waals surface area contributed by atoms with Gasteiger partial charge in [-0.1, -0.05) is 42.5 Å². The quantitative estimate of drug-likeness (QED) is 0.587. The lowest BCUT2D eigenvalue weighted by Gasteiger charge is -2.05. The predicted octanol–water partition coefficient (Wildman–Crippen LogP) is 4.00.